The van der Waals surface area contributed by atoms with Crippen molar-refractivity contribution >= 4 is 17.6 Å². The SMILES string of the molecule is CCOCCOC(=O)c1cccc(NC(=O)c2cc(OC)c(OC)c(OC)c2)c1. The van der Waals surface area contributed by atoms with Gasteiger partial charge >= 0.3 is 5.97 Å². The van der Waals surface area contributed by atoms with Crippen molar-refractivity contribution in [1.82, 2.24) is 0 Å². The summed E-state index contributed by atoms with van der Waals surface area (Å²) in [4.78, 5) is 24.8. The third-order valence-corrected chi connectivity index (χ3v) is 3.95. The van der Waals surface area contributed by atoms with Crippen LogP contribution in [0.1, 0.15) is 27.6 Å². The molecule has 0 aliphatic rings. The minimum atomic E-state index is -0.492. The van der Waals surface area contributed by atoms with Crippen molar-refractivity contribution in [3.63, 3.8) is 0 Å². The maximum atomic E-state index is 12.7. The molecule has 1 N–H and O–H groups in total. The number of nitrogens with one attached hydrogen (secondary N) is 1. The highest BCUT2D eigenvalue weighted by atomic mass is 16.6. The number of carbonyl (C=O) groups excluding carboxylic acids is 2. The van der Waals surface area contributed by atoms with Crippen LogP contribution in [0.15, 0.2) is 36.4 Å². The summed E-state index contributed by atoms with van der Waals surface area (Å²) in [5.74, 6) is 0.232. The average molecular weight is 403 g/mol. The second kappa shape index (κ2) is 10.9. The van der Waals surface area contributed by atoms with Crippen LogP contribution >= 0.6 is 0 Å². The van der Waals surface area contributed by atoms with E-state index in [1.54, 1.807) is 36.4 Å². The van der Waals surface area contributed by atoms with Crippen LogP contribution in [0.25, 0.3) is 0 Å². The Kier molecular flexibility index (Phi) is 8.29. The Morgan fingerprint density at radius 1 is 0.897 bits per heavy atom. The van der Waals surface area contributed by atoms with Crippen LogP contribution < -0.4 is 19.5 Å². The monoisotopic (exact) mass is 403 g/mol. The van der Waals surface area contributed by atoms with Gasteiger partial charge in [-0.2, -0.15) is 0 Å². The van der Waals surface area contributed by atoms with E-state index in [4.69, 9.17) is 23.7 Å². The molecule has 2 aromatic carbocycles. The number of hydrogen-bond acceptors (Lipinski definition) is 7. The summed E-state index contributed by atoms with van der Waals surface area (Å²) < 4.78 is 26.1. The van der Waals surface area contributed by atoms with Gasteiger partial charge in [-0.25, -0.2) is 4.79 Å². The Labute approximate surface area is 169 Å². The summed E-state index contributed by atoms with van der Waals surface area (Å²) in [5.41, 5.74) is 1.08. The first-order chi connectivity index (χ1) is 14.0. The van der Waals surface area contributed by atoms with E-state index in [1.165, 1.54) is 21.3 Å². The number of rotatable bonds is 10. The quantitative estimate of drug-likeness (QED) is 0.481. The lowest BCUT2D eigenvalue weighted by molar-refractivity contribution is 0.0335. The third kappa shape index (κ3) is 5.86. The van der Waals surface area contributed by atoms with E-state index in [0.717, 1.165) is 0 Å². The van der Waals surface area contributed by atoms with Crippen molar-refractivity contribution in [3.05, 3.63) is 47.5 Å². The highest BCUT2D eigenvalue weighted by Crippen LogP contribution is 2.38. The van der Waals surface area contributed by atoms with Crippen molar-refractivity contribution in [2.45, 2.75) is 6.92 Å². The van der Waals surface area contributed by atoms with Crippen LogP contribution in [0.5, 0.6) is 17.2 Å². The second-order valence-electron chi connectivity index (χ2n) is 5.78. The molecular formula is C21H25NO7. The molecule has 0 bridgehead atoms. The molecule has 0 aliphatic carbocycles. The average Bonchev–Trinajstić information content (AvgIpc) is 2.75. The molecule has 2 rings (SSSR count). The number of ether oxygens (including phenoxy) is 5. The molecule has 0 aliphatic heterocycles. The zero-order chi connectivity index (χ0) is 21.2. The van der Waals surface area contributed by atoms with Gasteiger partial charge < -0.3 is 29.0 Å². The number of hydrogen-bond donors (Lipinski definition) is 1. The molecule has 29 heavy (non-hydrogen) atoms. The molecule has 1 amide bonds. The maximum Gasteiger partial charge on any atom is 0.338 e. The fourth-order valence-corrected chi connectivity index (χ4v) is 2.56. The number of anilines is 1. The predicted molar refractivity (Wildman–Crippen MR) is 107 cm³/mol. The second-order valence-corrected chi connectivity index (χ2v) is 5.78. The smallest absolute Gasteiger partial charge is 0.338 e. The zero-order valence-corrected chi connectivity index (χ0v) is 16.9. The van der Waals surface area contributed by atoms with Gasteiger partial charge in [-0.15, -0.1) is 0 Å². The van der Waals surface area contributed by atoms with Crippen molar-refractivity contribution in [1.29, 1.82) is 0 Å². The van der Waals surface area contributed by atoms with E-state index >= 15 is 0 Å². The third-order valence-electron chi connectivity index (χ3n) is 3.95. The molecule has 8 nitrogen and oxygen atoms in total. The molecule has 0 atom stereocenters. The van der Waals surface area contributed by atoms with Crippen LogP contribution in [-0.4, -0.2) is 53.0 Å². The van der Waals surface area contributed by atoms with Gasteiger partial charge in [0.25, 0.3) is 5.91 Å². The lowest BCUT2D eigenvalue weighted by atomic mass is 10.1. The molecule has 0 spiro atoms. The highest BCUT2D eigenvalue weighted by molar-refractivity contribution is 6.05. The van der Waals surface area contributed by atoms with Gasteiger partial charge in [-0.1, -0.05) is 6.07 Å². The van der Waals surface area contributed by atoms with E-state index in [-0.39, 0.29) is 6.61 Å². The first kappa shape index (κ1) is 22.0. The predicted octanol–water partition coefficient (Wildman–Crippen LogP) is 3.16. The molecule has 8 heteroatoms. The van der Waals surface area contributed by atoms with E-state index in [0.29, 0.717) is 47.3 Å². The van der Waals surface area contributed by atoms with Gasteiger partial charge in [0.1, 0.15) is 6.61 Å². The summed E-state index contributed by atoms with van der Waals surface area (Å²) >= 11 is 0. The summed E-state index contributed by atoms with van der Waals surface area (Å²) in [7, 11) is 4.43. The van der Waals surface area contributed by atoms with Crippen LogP contribution in [-0.2, 0) is 9.47 Å². The zero-order valence-electron chi connectivity index (χ0n) is 16.9. The standard InChI is InChI=1S/C21H25NO7/c1-5-28-9-10-29-21(24)14-7-6-8-16(11-14)22-20(23)15-12-17(25-2)19(27-4)18(13-15)26-3/h6-8,11-13H,5,9-10H2,1-4H3,(H,22,23). The Morgan fingerprint density at radius 3 is 2.17 bits per heavy atom. The van der Waals surface area contributed by atoms with Gasteiger partial charge in [0.2, 0.25) is 5.75 Å². The molecule has 0 fully saturated rings. The van der Waals surface area contributed by atoms with Gasteiger partial charge in [-0.3, -0.25) is 4.79 Å². The molecule has 0 aromatic heterocycles. The van der Waals surface area contributed by atoms with Crippen molar-refractivity contribution in [2.75, 3.05) is 46.5 Å². The highest BCUT2D eigenvalue weighted by Gasteiger charge is 2.17. The number of benzene rings is 2. The Hall–Kier alpha value is -3.26. The van der Waals surface area contributed by atoms with E-state index in [1.807, 2.05) is 6.92 Å². The fourth-order valence-electron chi connectivity index (χ4n) is 2.56. The first-order valence-electron chi connectivity index (χ1n) is 9.00. The number of carbonyl (C=O) groups is 2. The summed E-state index contributed by atoms with van der Waals surface area (Å²) in [6, 6.07) is 9.57. The molecule has 0 radical (unpaired) electrons. The molecule has 156 valence electrons. The normalized spacial score (nSPS) is 10.2. The Bertz CT molecular complexity index is 826. The topological polar surface area (TPSA) is 92.3 Å². The number of methoxy groups -OCH3 is 3. The van der Waals surface area contributed by atoms with Crippen LogP contribution in [0.4, 0.5) is 5.69 Å². The number of amides is 1. The molecule has 0 saturated heterocycles. The molecule has 2 aromatic rings. The summed E-state index contributed by atoms with van der Waals surface area (Å²) in [6.07, 6.45) is 0. The van der Waals surface area contributed by atoms with Crippen molar-refractivity contribution in [2.24, 2.45) is 0 Å². The minimum Gasteiger partial charge on any atom is -0.493 e. The van der Waals surface area contributed by atoms with E-state index in [9.17, 15) is 9.59 Å². The summed E-state index contributed by atoms with van der Waals surface area (Å²) in [5, 5.41) is 2.75. The van der Waals surface area contributed by atoms with Gasteiger partial charge in [0.05, 0.1) is 33.5 Å². The molecule has 0 unspecified atom stereocenters. The largest absolute Gasteiger partial charge is 0.493 e. The van der Waals surface area contributed by atoms with Crippen LogP contribution in [0.3, 0.4) is 0 Å². The Balaban J connectivity index is 2.14. The van der Waals surface area contributed by atoms with Crippen LogP contribution in [0, 0.1) is 0 Å². The number of esters is 1. The molecular weight excluding hydrogens is 378 g/mol. The molecule has 0 heterocycles. The van der Waals surface area contributed by atoms with E-state index < -0.39 is 11.9 Å². The van der Waals surface area contributed by atoms with Gasteiger partial charge in [0.15, 0.2) is 11.5 Å². The lowest BCUT2D eigenvalue weighted by Crippen LogP contribution is -2.14. The minimum absolute atomic E-state index is 0.161. The lowest BCUT2D eigenvalue weighted by Gasteiger charge is -2.14. The Morgan fingerprint density at radius 2 is 1.59 bits per heavy atom. The fraction of sp³-hybridized carbons (Fsp3) is 0.333. The van der Waals surface area contributed by atoms with Gasteiger partial charge in [0, 0.05) is 17.9 Å². The van der Waals surface area contributed by atoms with Crippen LogP contribution in [0.2, 0.25) is 0 Å². The van der Waals surface area contributed by atoms with Crippen molar-refractivity contribution in [3.8, 4) is 17.2 Å². The maximum absolute atomic E-state index is 12.7. The van der Waals surface area contributed by atoms with Crippen molar-refractivity contribution < 1.29 is 33.3 Å². The molecule has 0 saturated carbocycles. The summed E-state index contributed by atoms with van der Waals surface area (Å²) in [6.45, 7) is 2.91. The van der Waals surface area contributed by atoms with E-state index in [2.05, 4.69) is 5.32 Å². The first-order valence-corrected chi connectivity index (χ1v) is 9.00. The van der Waals surface area contributed by atoms with Gasteiger partial charge in [-0.05, 0) is 37.3 Å².